The molecule has 1 heterocycles. The summed E-state index contributed by atoms with van der Waals surface area (Å²) in [6, 6.07) is 12.8. The molecule has 1 fully saturated rings. The van der Waals surface area contributed by atoms with Gasteiger partial charge in [0.05, 0.1) is 18.1 Å². The lowest BCUT2D eigenvalue weighted by Crippen LogP contribution is -2.36. The molecule has 0 saturated carbocycles. The molecule has 1 aliphatic heterocycles. The summed E-state index contributed by atoms with van der Waals surface area (Å²) < 4.78 is 30.4. The SMILES string of the molecule is O=S(=O)(c1ccccc1)c1ccc(N2CCOCC2)cc1O. The van der Waals surface area contributed by atoms with Gasteiger partial charge in [0.25, 0.3) is 0 Å². The van der Waals surface area contributed by atoms with Gasteiger partial charge in [-0.15, -0.1) is 0 Å². The first-order valence-corrected chi connectivity index (χ1v) is 8.53. The number of hydrogen-bond donors (Lipinski definition) is 1. The highest BCUT2D eigenvalue weighted by atomic mass is 32.2. The molecule has 0 unspecified atom stereocenters. The van der Waals surface area contributed by atoms with E-state index in [-0.39, 0.29) is 15.5 Å². The highest BCUT2D eigenvalue weighted by molar-refractivity contribution is 7.91. The highest BCUT2D eigenvalue weighted by Crippen LogP contribution is 2.32. The minimum absolute atomic E-state index is 0.0734. The van der Waals surface area contributed by atoms with Crippen molar-refractivity contribution in [3.05, 3.63) is 48.5 Å². The Morgan fingerprint density at radius 2 is 1.68 bits per heavy atom. The van der Waals surface area contributed by atoms with E-state index in [1.54, 1.807) is 24.3 Å². The third kappa shape index (κ3) is 2.80. The fraction of sp³-hybridized carbons (Fsp3) is 0.250. The van der Waals surface area contributed by atoms with E-state index < -0.39 is 9.84 Å². The van der Waals surface area contributed by atoms with Gasteiger partial charge in [0, 0.05) is 24.8 Å². The van der Waals surface area contributed by atoms with Crippen molar-refractivity contribution in [2.24, 2.45) is 0 Å². The Bertz CT molecular complexity index is 753. The van der Waals surface area contributed by atoms with Gasteiger partial charge in [-0.3, -0.25) is 0 Å². The second-order valence-electron chi connectivity index (χ2n) is 5.07. The van der Waals surface area contributed by atoms with Crippen LogP contribution >= 0.6 is 0 Å². The second-order valence-corrected chi connectivity index (χ2v) is 6.99. The van der Waals surface area contributed by atoms with Gasteiger partial charge in [-0.2, -0.15) is 0 Å². The van der Waals surface area contributed by atoms with Gasteiger partial charge < -0.3 is 14.7 Å². The molecule has 22 heavy (non-hydrogen) atoms. The average Bonchev–Trinajstić information content (AvgIpc) is 2.56. The Kier molecular flexibility index (Phi) is 4.04. The summed E-state index contributed by atoms with van der Waals surface area (Å²) in [4.78, 5) is 2.16. The number of nitrogens with zero attached hydrogens (tertiary/aromatic N) is 1. The molecule has 1 N–H and O–H groups in total. The monoisotopic (exact) mass is 319 g/mol. The Balaban J connectivity index is 1.95. The fourth-order valence-electron chi connectivity index (χ4n) is 2.48. The molecule has 0 spiro atoms. The van der Waals surface area contributed by atoms with Crippen LogP contribution in [0.3, 0.4) is 0 Å². The molecule has 5 nitrogen and oxygen atoms in total. The largest absolute Gasteiger partial charge is 0.506 e. The van der Waals surface area contributed by atoms with Crippen molar-refractivity contribution in [1.82, 2.24) is 0 Å². The van der Waals surface area contributed by atoms with Crippen molar-refractivity contribution in [2.45, 2.75) is 9.79 Å². The maximum atomic E-state index is 12.5. The molecule has 0 bridgehead atoms. The zero-order valence-electron chi connectivity index (χ0n) is 12.0. The van der Waals surface area contributed by atoms with Gasteiger partial charge >= 0.3 is 0 Å². The maximum absolute atomic E-state index is 12.5. The summed E-state index contributed by atoms with van der Waals surface area (Å²) in [6.07, 6.45) is 0. The Hall–Kier alpha value is -2.05. The number of sulfone groups is 1. The zero-order chi connectivity index (χ0) is 15.6. The van der Waals surface area contributed by atoms with Crippen LogP contribution in [0.2, 0.25) is 0 Å². The van der Waals surface area contributed by atoms with Crippen LogP contribution in [-0.2, 0) is 14.6 Å². The maximum Gasteiger partial charge on any atom is 0.210 e. The smallest absolute Gasteiger partial charge is 0.210 e. The number of morpholine rings is 1. The van der Waals surface area contributed by atoms with E-state index in [1.807, 2.05) is 0 Å². The third-order valence-electron chi connectivity index (χ3n) is 3.66. The first-order chi connectivity index (χ1) is 10.6. The van der Waals surface area contributed by atoms with Crippen LogP contribution in [0.25, 0.3) is 0 Å². The van der Waals surface area contributed by atoms with Crippen molar-refractivity contribution in [3.63, 3.8) is 0 Å². The standard InChI is InChI=1S/C16H17NO4S/c18-15-12-13(17-8-10-21-11-9-17)6-7-16(15)22(19,20)14-4-2-1-3-5-14/h1-7,12,18H,8-11H2. The van der Waals surface area contributed by atoms with Crippen LogP contribution in [0.4, 0.5) is 5.69 Å². The Morgan fingerprint density at radius 1 is 1.00 bits per heavy atom. The van der Waals surface area contributed by atoms with Crippen molar-refractivity contribution in [1.29, 1.82) is 0 Å². The van der Waals surface area contributed by atoms with E-state index in [2.05, 4.69) is 4.90 Å². The van der Waals surface area contributed by atoms with Crippen LogP contribution in [0, 0.1) is 0 Å². The van der Waals surface area contributed by atoms with E-state index in [0.717, 1.165) is 18.8 Å². The van der Waals surface area contributed by atoms with E-state index in [0.29, 0.717) is 13.2 Å². The van der Waals surface area contributed by atoms with Gasteiger partial charge in [-0.05, 0) is 24.3 Å². The van der Waals surface area contributed by atoms with E-state index in [9.17, 15) is 13.5 Å². The minimum atomic E-state index is -3.71. The van der Waals surface area contributed by atoms with Gasteiger partial charge in [0.15, 0.2) is 0 Å². The number of aromatic hydroxyl groups is 1. The van der Waals surface area contributed by atoms with Crippen LogP contribution in [0.15, 0.2) is 58.3 Å². The molecular formula is C16H17NO4S. The van der Waals surface area contributed by atoms with Crippen molar-refractivity contribution in [2.75, 3.05) is 31.2 Å². The number of benzene rings is 2. The highest BCUT2D eigenvalue weighted by Gasteiger charge is 2.22. The molecule has 3 rings (SSSR count). The molecule has 0 atom stereocenters. The number of ether oxygens (including phenoxy) is 1. The van der Waals surface area contributed by atoms with E-state index in [1.165, 1.54) is 24.3 Å². The van der Waals surface area contributed by atoms with Gasteiger partial charge in [-0.1, -0.05) is 18.2 Å². The summed E-state index contributed by atoms with van der Waals surface area (Å²) >= 11 is 0. The number of anilines is 1. The summed E-state index contributed by atoms with van der Waals surface area (Å²) in [5.74, 6) is -0.229. The normalized spacial score (nSPS) is 15.7. The van der Waals surface area contributed by atoms with E-state index >= 15 is 0 Å². The van der Waals surface area contributed by atoms with Crippen LogP contribution in [0.1, 0.15) is 0 Å². The van der Waals surface area contributed by atoms with Gasteiger partial charge in [-0.25, -0.2) is 8.42 Å². The molecule has 2 aromatic rings. The van der Waals surface area contributed by atoms with Crippen molar-refractivity contribution in [3.8, 4) is 5.75 Å². The molecule has 116 valence electrons. The molecule has 0 radical (unpaired) electrons. The molecule has 1 aliphatic rings. The topological polar surface area (TPSA) is 66.8 Å². The molecule has 2 aromatic carbocycles. The number of phenols is 1. The predicted octanol–water partition coefficient (Wildman–Crippen LogP) is 2.06. The molecule has 1 saturated heterocycles. The Morgan fingerprint density at radius 3 is 2.32 bits per heavy atom. The van der Waals surface area contributed by atoms with Crippen molar-refractivity contribution >= 4 is 15.5 Å². The molecule has 0 amide bonds. The lowest BCUT2D eigenvalue weighted by atomic mass is 10.2. The lowest BCUT2D eigenvalue weighted by molar-refractivity contribution is 0.122. The average molecular weight is 319 g/mol. The van der Waals surface area contributed by atoms with E-state index in [4.69, 9.17) is 4.74 Å². The molecular weight excluding hydrogens is 302 g/mol. The molecule has 0 aliphatic carbocycles. The lowest BCUT2D eigenvalue weighted by Gasteiger charge is -2.29. The van der Waals surface area contributed by atoms with Crippen LogP contribution in [-0.4, -0.2) is 39.8 Å². The van der Waals surface area contributed by atoms with Crippen LogP contribution in [0.5, 0.6) is 5.75 Å². The van der Waals surface area contributed by atoms with Crippen molar-refractivity contribution < 1.29 is 18.3 Å². The minimum Gasteiger partial charge on any atom is -0.506 e. The zero-order valence-corrected chi connectivity index (χ0v) is 12.8. The number of phenolic OH excluding ortho intramolecular Hbond substituents is 1. The predicted molar refractivity (Wildman–Crippen MR) is 83.0 cm³/mol. The first kappa shape index (κ1) is 14.9. The first-order valence-electron chi connectivity index (χ1n) is 7.05. The van der Waals surface area contributed by atoms with Crippen LogP contribution < -0.4 is 4.90 Å². The Labute approximate surface area is 129 Å². The summed E-state index contributed by atoms with van der Waals surface area (Å²) in [5.41, 5.74) is 0.799. The summed E-state index contributed by atoms with van der Waals surface area (Å²) in [5, 5.41) is 10.2. The summed E-state index contributed by atoms with van der Waals surface area (Å²) in [7, 11) is -3.71. The van der Waals surface area contributed by atoms with Gasteiger partial charge in [0.1, 0.15) is 10.6 Å². The quantitative estimate of drug-likeness (QED) is 0.938. The molecule has 6 heteroatoms. The number of rotatable bonds is 3. The molecule has 0 aromatic heterocycles. The second kappa shape index (κ2) is 5.98. The summed E-state index contributed by atoms with van der Waals surface area (Å²) in [6.45, 7) is 2.71. The fourth-order valence-corrected chi connectivity index (χ4v) is 3.83. The third-order valence-corrected chi connectivity index (χ3v) is 5.48. The number of hydrogen-bond acceptors (Lipinski definition) is 5. The van der Waals surface area contributed by atoms with Gasteiger partial charge in [0.2, 0.25) is 9.84 Å².